The molecule has 0 aliphatic carbocycles. The van der Waals surface area contributed by atoms with Crippen LogP contribution in [0.4, 0.5) is 10.5 Å². The SMILES string of the molecule is COc1ccc(CN(C[C@H]2COC(C)(C)N2C(=O)OC(C)(C)C)c2cccc(Cl)c2)cc1. The van der Waals surface area contributed by atoms with Crippen molar-refractivity contribution in [3.05, 3.63) is 59.1 Å². The van der Waals surface area contributed by atoms with E-state index in [0.717, 1.165) is 17.0 Å². The number of halogens is 1. The van der Waals surface area contributed by atoms with Gasteiger partial charge in [-0.25, -0.2) is 4.79 Å². The van der Waals surface area contributed by atoms with Gasteiger partial charge in [-0.15, -0.1) is 0 Å². The van der Waals surface area contributed by atoms with Crippen LogP contribution in [0, 0.1) is 0 Å². The fraction of sp³-hybridized carbons (Fsp3) is 0.480. The van der Waals surface area contributed by atoms with Crippen molar-refractivity contribution in [3.8, 4) is 5.75 Å². The molecule has 1 fully saturated rings. The van der Waals surface area contributed by atoms with Crippen LogP contribution in [0.2, 0.25) is 5.02 Å². The quantitative estimate of drug-likeness (QED) is 0.551. The molecule has 32 heavy (non-hydrogen) atoms. The summed E-state index contributed by atoms with van der Waals surface area (Å²) in [7, 11) is 1.65. The Morgan fingerprint density at radius 3 is 2.50 bits per heavy atom. The van der Waals surface area contributed by atoms with Crippen molar-refractivity contribution in [2.24, 2.45) is 0 Å². The molecule has 2 aromatic carbocycles. The molecule has 3 rings (SSSR count). The third-order valence-electron chi connectivity index (χ3n) is 5.30. The summed E-state index contributed by atoms with van der Waals surface area (Å²) in [6, 6.07) is 15.5. The third-order valence-corrected chi connectivity index (χ3v) is 5.54. The van der Waals surface area contributed by atoms with Crippen LogP contribution in [0.25, 0.3) is 0 Å². The van der Waals surface area contributed by atoms with Gasteiger partial charge in [0.1, 0.15) is 17.1 Å². The van der Waals surface area contributed by atoms with E-state index < -0.39 is 11.3 Å². The number of methoxy groups -OCH3 is 1. The van der Waals surface area contributed by atoms with Crippen LogP contribution in [0.5, 0.6) is 5.75 Å². The van der Waals surface area contributed by atoms with E-state index in [-0.39, 0.29) is 12.1 Å². The number of nitrogens with zero attached hydrogens (tertiary/aromatic N) is 2. The van der Waals surface area contributed by atoms with Crippen LogP contribution in [-0.4, -0.2) is 48.6 Å². The van der Waals surface area contributed by atoms with Crippen molar-refractivity contribution in [1.82, 2.24) is 4.90 Å². The van der Waals surface area contributed by atoms with Crippen molar-refractivity contribution >= 4 is 23.4 Å². The number of hydrogen-bond acceptors (Lipinski definition) is 5. The first-order valence-corrected chi connectivity index (χ1v) is 11.2. The molecule has 0 radical (unpaired) electrons. The van der Waals surface area contributed by atoms with E-state index in [1.807, 2.05) is 83.1 Å². The van der Waals surface area contributed by atoms with Crippen molar-refractivity contribution in [2.75, 3.05) is 25.2 Å². The molecule has 7 heteroatoms. The Hall–Kier alpha value is -2.44. The zero-order valence-electron chi connectivity index (χ0n) is 19.7. The zero-order valence-corrected chi connectivity index (χ0v) is 20.5. The van der Waals surface area contributed by atoms with Gasteiger partial charge in [-0.1, -0.05) is 29.8 Å². The lowest BCUT2D eigenvalue weighted by molar-refractivity contribution is -0.0621. The first-order chi connectivity index (χ1) is 15.0. The maximum Gasteiger partial charge on any atom is 0.412 e. The maximum atomic E-state index is 13.1. The van der Waals surface area contributed by atoms with E-state index in [9.17, 15) is 4.79 Å². The average Bonchev–Trinajstić information content (AvgIpc) is 3.00. The van der Waals surface area contributed by atoms with E-state index in [2.05, 4.69) is 4.90 Å². The highest BCUT2D eigenvalue weighted by atomic mass is 35.5. The molecule has 0 aromatic heterocycles. The van der Waals surface area contributed by atoms with E-state index in [4.69, 9.17) is 25.8 Å². The second-order valence-corrected chi connectivity index (χ2v) is 9.91. The summed E-state index contributed by atoms with van der Waals surface area (Å²) in [5, 5.41) is 0.661. The first-order valence-electron chi connectivity index (χ1n) is 10.8. The van der Waals surface area contributed by atoms with Crippen LogP contribution < -0.4 is 9.64 Å². The summed E-state index contributed by atoms with van der Waals surface area (Å²) in [6.45, 7) is 11.0. The van der Waals surface area contributed by atoms with Crippen LogP contribution in [0.3, 0.4) is 0 Å². The molecule has 1 aliphatic heterocycles. The fourth-order valence-electron chi connectivity index (χ4n) is 3.84. The lowest BCUT2D eigenvalue weighted by atomic mass is 10.1. The van der Waals surface area contributed by atoms with Crippen LogP contribution >= 0.6 is 11.6 Å². The highest BCUT2D eigenvalue weighted by molar-refractivity contribution is 6.30. The lowest BCUT2D eigenvalue weighted by Gasteiger charge is -2.37. The molecule has 0 saturated carbocycles. The van der Waals surface area contributed by atoms with E-state index in [1.54, 1.807) is 12.0 Å². The van der Waals surface area contributed by atoms with Gasteiger partial charge < -0.3 is 19.1 Å². The molecule has 1 saturated heterocycles. The number of benzene rings is 2. The number of anilines is 1. The van der Waals surface area contributed by atoms with Crippen molar-refractivity contribution in [1.29, 1.82) is 0 Å². The number of rotatable bonds is 6. The minimum atomic E-state index is -0.757. The molecule has 1 amide bonds. The second kappa shape index (κ2) is 9.59. The highest BCUT2D eigenvalue weighted by Gasteiger charge is 2.46. The molecule has 0 bridgehead atoms. The molecule has 1 atom stereocenters. The Labute approximate surface area is 196 Å². The zero-order chi connectivity index (χ0) is 23.5. The normalized spacial score (nSPS) is 17.8. The van der Waals surface area contributed by atoms with Gasteiger partial charge in [0, 0.05) is 23.8 Å². The number of carbonyl (C=O) groups excluding carboxylic acids is 1. The van der Waals surface area contributed by atoms with Crippen molar-refractivity contribution in [3.63, 3.8) is 0 Å². The standard InChI is InChI=1S/C25H33ClN2O4/c1-24(2,3)32-23(29)28-21(17-31-25(28,4)5)16-27(20-9-7-8-19(26)14-20)15-18-10-12-22(30-6)13-11-18/h7-14,21H,15-17H2,1-6H3/t21-/m0/s1. The summed E-state index contributed by atoms with van der Waals surface area (Å²) >= 11 is 6.29. The van der Waals surface area contributed by atoms with Gasteiger partial charge in [-0.2, -0.15) is 0 Å². The molecule has 6 nitrogen and oxygen atoms in total. The molecule has 1 aliphatic rings. The molecular weight excluding hydrogens is 428 g/mol. The summed E-state index contributed by atoms with van der Waals surface area (Å²) in [6.07, 6.45) is -0.375. The molecule has 0 N–H and O–H groups in total. The van der Waals surface area contributed by atoms with Gasteiger partial charge in [0.25, 0.3) is 0 Å². The summed E-state index contributed by atoms with van der Waals surface area (Å²) < 4.78 is 17.0. The average molecular weight is 461 g/mol. The van der Waals surface area contributed by atoms with Gasteiger partial charge in [0.2, 0.25) is 0 Å². The maximum absolute atomic E-state index is 13.1. The number of ether oxygens (including phenoxy) is 3. The molecule has 0 spiro atoms. The Morgan fingerprint density at radius 1 is 1.22 bits per heavy atom. The summed E-state index contributed by atoms with van der Waals surface area (Å²) in [4.78, 5) is 17.0. The third kappa shape index (κ3) is 6.08. The Morgan fingerprint density at radius 2 is 1.91 bits per heavy atom. The molecule has 174 valence electrons. The Kier molecular flexibility index (Phi) is 7.25. The summed E-state index contributed by atoms with van der Waals surface area (Å²) in [5.41, 5.74) is 0.748. The van der Waals surface area contributed by atoms with Crippen molar-refractivity contribution < 1.29 is 19.0 Å². The molecule has 0 unspecified atom stereocenters. The lowest BCUT2D eigenvalue weighted by Crippen LogP contribution is -2.53. The Bertz CT molecular complexity index is 924. The largest absolute Gasteiger partial charge is 0.497 e. The number of amides is 1. The predicted octanol–water partition coefficient (Wildman–Crippen LogP) is 5.73. The highest BCUT2D eigenvalue weighted by Crippen LogP contribution is 2.32. The molecule has 2 aromatic rings. The van der Waals surface area contributed by atoms with Crippen LogP contribution in [-0.2, 0) is 16.0 Å². The number of hydrogen-bond donors (Lipinski definition) is 0. The van der Waals surface area contributed by atoms with Gasteiger partial charge in [-0.3, -0.25) is 4.90 Å². The van der Waals surface area contributed by atoms with Gasteiger partial charge in [0.05, 0.1) is 19.8 Å². The van der Waals surface area contributed by atoms with Gasteiger partial charge in [-0.05, 0) is 70.5 Å². The minimum absolute atomic E-state index is 0.183. The second-order valence-electron chi connectivity index (χ2n) is 9.47. The van der Waals surface area contributed by atoms with E-state index in [1.165, 1.54) is 0 Å². The minimum Gasteiger partial charge on any atom is -0.497 e. The van der Waals surface area contributed by atoms with Crippen molar-refractivity contribution in [2.45, 2.75) is 58.5 Å². The van der Waals surface area contributed by atoms with E-state index >= 15 is 0 Å². The number of carbonyl (C=O) groups is 1. The van der Waals surface area contributed by atoms with Gasteiger partial charge >= 0.3 is 6.09 Å². The first kappa shape index (κ1) is 24.2. The van der Waals surface area contributed by atoms with E-state index in [0.29, 0.717) is 24.7 Å². The predicted molar refractivity (Wildman–Crippen MR) is 127 cm³/mol. The molecule has 1 heterocycles. The monoisotopic (exact) mass is 460 g/mol. The topological polar surface area (TPSA) is 51.2 Å². The van der Waals surface area contributed by atoms with Crippen LogP contribution in [0.15, 0.2) is 48.5 Å². The van der Waals surface area contributed by atoms with Gasteiger partial charge in [0.15, 0.2) is 0 Å². The smallest absolute Gasteiger partial charge is 0.412 e. The fourth-order valence-corrected chi connectivity index (χ4v) is 4.02. The van der Waals surface area contributed by atoms with Crippen LogP contribution in [0.1, 0.15) is 40.2 Å². The summed E-state index contributed by atoms with van der Waals surface area (Å²) in [5.74, 6) is 0.810. The molecular formula is C25H33ClN2O4. The Balaban J connectivity index is 1.87.